The number of hydrogen-bond acceptors (Lipinski definition) is 2. The number of sulfonamides is 1. The highest BCUT2D eigenvalue weighted by molar-refractivity contribution is 7.93. The van der Waals surface area contributed by atoms with Crippen LogP contribution in [-0.4, -0.2) is 8.42 Å². The fourth-order valence-electron chi connectivity index (χ4n) is 2.20. The molecular weight excluding hydrogens is 308 g/mol. The van der Waals surface area contributed by atoms with Crippen molar-refractivity contribution in [3.05, 3.63) is 72.3 Å². The van der Waals surface area contributed by atoms with Crippen molar-refractivity contribution in [3.63, 3.8) is 0 Å². The second kappa shape index (κ2) is 5.38. The van der Waals surface area contributed by atoms with Crippen molar-refractivity contribution >= 4 is 26.5 Å². The second-order valence-electron chi connectivity index (χ2n) is 4.71. The molecule has 0 saturated carbocycles. The minimum atomic E-state index is -3.99. The molecule has 0 aliphatic heterocycles. The van der Waals surface area contributed by atoms with E-state index in [0.29, 0.717) is 11.5 Å². The van der Waals surface area contributed by atoms with E-state index in [4.69, 9.17) is 0 Å². The quantitative estimate of drug-likeness (QED) is 0.795. The summed E-state index contributed by atoms with van der Waals surface area (Å²) in [5.41, 5.74) is -0.297. The molecule has 0 aliphatic rings. The van der Waals surface area contributed by atoms with Gasteiger partial charge in [-0.15, -0.1) is 0 Å². The maximum absolute atomic E-state index is 13.6. The fraction of sp³-hybridized carbons (Fsp3) is 0. The first kappa shape index (κ1) is 14.5. The Kier molecular flexibility index (Phi) is 3.54. The minimum Gasteiger partial charge on any atom is -0.277 e. The van der Waals surface area contributed by atoms with Gasteiger partial charge in [0.05, 0.1) is 10.6 Å². The Bertz CT molecular complexity index is 950. The molecule has 0 spiro atoms. The standard InChI is InChI=1S/C16H11F2NO2S/c17-12-8-9-15(14(18)10-12)19-22(20,21)16-7-3-5-11-4-1-2-6-13(11)16/h1-10,19H. The number of anilines is 1. The third kappa shape index (κ3) is 2.65. The van der Waals surface area contributed by atoms with Crippen LogP contribution in [0.3, 0.4) is 0 Å². The molecule has 0 unspecified atom stereocenters. The van der Waals surface area contributed by atoms with Crippen molar-refractivity contribution in [2.75, 3.05) is 4.72 Å². The van der Waals surface area contributed by atoms with Crippen molar-refractivity contribution in [2.45, 2.75) is 4.90 Å². The molecule has 0 bridgehead atoms. The molecule has 0 fully saturated rings. The number of nitrogens with one attached hydrogen (secondary N) is 1. The summed E-state index contributed by atoms with van der Waals surface area (Å²) in [6, 6.07) is 14.5. The summed E-state index contributed by atoms with van der Waals surface area (Å²) in [6.07, 6.45) is 0. The van der Waals surface area contributed by atoms with Gasteiger partial charge in [0.25, 0.3) is 10.0 Å². The van der Waals surface area contributed by atoms with E-state index in [1.54, 1.807) is 36.4 Å². The maximum Gasteiger partial charge on any atom is 0.262 e. The average Bonchev–Trinajstić information content (AvgIpc) is 2.49. The molecule has 3 aromatic rings. The van der Waals surface area contributed by atoms with Crippen LogP contribution in [-0.2, 0) is 10.0 Å². The summed E-state index contributed by atoms with van der Waals surface area (Å²) < 4.78 is 53.7. The largest absolute Gasteiger partial charge is 0.277 e. The van der Waals surface area contributed by atoms with E-state index in [0.717, 1.165) is 17.5 Å². The lowest BCUT2D eigenvalue weighted by molar-refractivity contribution is 0.583. The third-order valence-corrected chi connectivity index (χ3v) is 4.64. The molecule has 0 heterocycles. The van der Waals surface area contributed by atoms with Crippen LogP contribution < -0.4 is 4.72 Å². The van der Waals surface area contributed by atoms with Crippen LogP contribution in [0.2, 0.25) is 0 Å². The van der Waals surface area contributed by atoms with Gasteiger partial charge in [-0.1, -0.05) is 36.4 Å². The van der Waals surface area contributed by atoms with Crippen LogP contribution in [0.1, 0.15) is 0 Å². The molecule has 0 aromatic heterocycles. The van der Waals surface area contributed by atoms with Gasteiger partial charge in [0.1, 0.15) is 11.6 Å². The fourth-order valence-corrected chi connectivity index (χ4v) is 3.50. The highest BCUT2D eigenvalue weighted by Crippen LogP contribution is 2.26. The summed E-state index contributed by atoms with van der Waals surface area (Å²) in [5.74, 6) is -1.74. The van der Waals surface area contributed by atoms with E-state index in [9.17, 15) is 17.2 Å². The molecule has 112 valence electrons. The van der Waals surface area contributed by atoms with Crippen LogP contribution in [0, 0.1) is 11.6 Å². The molecule has 3 rings (SSSR count). The van der Waals surface area contributed by atoms with Gasteiger partial charge in [-0.05, 0) is 23.6 Å². The van der Waals surface area contributed by atoms with E-state index in [-0.39, 0.29) is 10.6 Å². The van der Waals surface area contributed by atoms with E-state index in [1.165, 1.54) is 6.07 Å². The van der Waals surface area contributed by atoms with Crippen LogP contribution in [0.25, 0.3) is 10.8 Å². The average molecular weight is 319 g/mol. The van der Waals surface area contributed by atoms with Crippen molar-refractivity contribution < 1.29 is 17.2 Å². The van der Waals surface area contributed by atoms with E-state index < -0.39 is 21.7 Å². The van der Waals surface area contributed by atoms with Gasteiger partial charge >= 0.3 is 0 Å². The molecule has 0 aliphatic carbocycles. The van der Waals surface area contributed by atoms with Crippen LogP contribution in [0.4, 0.5) is 14.5 Å². The van der Waals surface area contributed by atoms with Crippen LogP contribution in [0.5, 0.6) is 0 Å². The SMILES string of the molecule is O=S(=O)(Nc1ccc(F)cc1F)c1cccc2ccccc12. The number of halogens is 2. The predicted octanol–water partition coefficient (Wildman–Crippen LogP) is 3.92. The smallest absolute Gasteiger partial charge is 0.262 e. The molecule has 22 heavy (non-hydrogen) atoms. The number of hydrogen-bond donors (Lipinski definition) is 1. The van der Waals surface area contributed by atoms with Gasteiger partial charge in [-0.25, -0.2) is 17.2 Å². The first-order valence-corrected chi connectivity index (χ1v) is 7.91. The summed E-state index contributed by atoms with van der Waals surface area (Å²) in [6.45, 7) is 0. The Morgan fingerprint density at radius 3 is 2.36 bits per heavy atom. The molecule has 0 atom stereocenters. The lowest BCUT2D eigenvalue weighted by Gasteiger charge is -2.11. The van der Waals surface area contributed by atoms with Gasteiger partial charge in [0.2, 0.25) is 0 Å². The molecule has 0 radical (unpaired) electrons. The highest BCUT2D eigenvalue weighted by atomic mass is 32.2. The minimum absolute atomic E-state index is 0.0364. The number of rotatable bonds is 3. The van der Waals surface area contributed by atoms with Gasteiger partial charge in [0.15, 0.2) is 0 Å². The van der Waals surface area contributed by atoms with E-state index in [1.807, 2.05) is 0 Å². The first-order valence-electron chi connectivity index (χ1n) is 6.43. The molecule has 6 heteroatoms. The zero-order valence-corrected chi connectivity index (χ0v) is 12.1. The first-order chi connectivity index (χ1) is 10.5. The Balaban J connectivity index is 2.09. The Morgan fingerprint density at radius 1 is 0.864 bits per heavy atom. The lowest BCUT2D eigenvalue weighted by Crippen LogP contribution is -2.14. The Hall–Kier alpha value is -2.47. The van der Waals surface area contributed by atoms with Crippen LogP contribution >= 0.6 is 0 Å². The summed E-state index contributed by atoms with van der Waals surface area (Å²) in [5, 5.41) is 1.28. The van der Waals surface area contributed by atoms with Crippen molar-refractivity contribution in [1.82, 2.24) is 0 Å². The van der Waals surface area contributed by atoms with Gasteiger partial charge in [-0.3, -0.25) is 4.72 Å². The Morgan fingerprint density at radius 2 is 1.59 bits per heavy atom. The summed E-state index contributed by atoms with van der Waals surface area (Å²) >= 11 is 0. The molecular formula is C16H11F2NO2S. The molecule has 0 amide bonds. The van der Waals surface area contributed by atoms with Crippen molar-refractivity contribution in [1.29, 1.82) is 0 Å². The topological polar surface area (TPSA) is 46.2 Å². The zero-order valence-electron chi connectivity index (χ0n) is 11.3. The van der Waals surface area contributed by atoms with Crippen LogP contribution in [0.15, 0.2) is 65.6 Å². The normalized spacial score (nSPS) is 11.5. The second-order valence-corrected chi connectivity index (χ2v) is 6.36. The predicted molar refractivity (Wildman–Crippen MR) is 81.1 cm³/mol. The monoisotopic (exact) mass is 319 g/mol. The van der Waals surface area contributed by atoms with Gasteiger partial charge < -0.3 is 0 Å². The van der Waals surface area contributed by atoms with E-state index in [2.05, 4.69) is 4.72 Å². The summed E-state index contributed by atoms with van der Waals surface area (Å²) in [7, 11) is -3.99. The zero-order chi connectivity index (χ0) is 15.7. The number of fused-ring (bicyclic) bond motifs is 1. The van der Waals surface area contributed by atoms with Gasteiger partial charge in [0, 0.05) is 11.5 Å². The van der Waals surface area contributed by atoms with Crippen molar-refractivity contribution in [2.24, 2.45) is 0 Å². The molecule has 1 N–H and O–H groups in total. The van der Waals surface area contributed by atoms with Crippen molar-refractivity contribution in [3.8, 4) is 0 Å². The highest BCUT2D eigenvalue weighted by Gasteiger charge is 2.19. The molecule has 0 saturated heterocycles. The summed E-state index contributed by atoms with van der Waals surface area (Å²) in [4.78, 5) is 0.0364. The third-order valence-electron chi connectivity index (χ3n) is 3.21. The van der Waals surface area contributed by atoms with Gasteiger partial charge in [-0.2, -0.15) is 0 Å². The van der Waals surface area contributed by atoms with E-state index >= 15 is 0 Å². The number of benzene rings is 3. The Labute approximate surface area is 126 Å². The lowest BCUT2D eigenvalue weighted by atomic mass is 10.1. The maximum atomic E-state index is 13.6. The molecule has 3 aromatic carbocycles. The molecule has 3 nitrogen and oxygen atoms in total.